The molecule has 3 amide bonds. The van der Waals surface area contributed by atoms with Gasteiger partial charge in [-0.05, 0) is 31.0 Å². The van der Waals surface area contributed by atoms with Gasteiger partial charge in [0.1, 0.15) is 6.04 Å². The monoisotopic (exact) mass is 323 g/mol. The van der Waals surface area contributed by atoms with Crippen LogP contribution in [0.5, 0.6) is 0 Å². The molecule has 6 heteroatoms. The predicted octanol–water partition coefficient (Wildman–Crippen LogP) is 1.56. The zero-order chi connectivity index (χ0) is 16.7. The molecule has 2 aliphatic rings. The van der Waals surface area contributed by atoms with Gasteiger partial charge in [0, 0.05) is 30.4 Å². The van der Waals surface area contributed by atoms with Gasteiger partial charge in [-0.25, -0.2) is 0 Å². The number of aromatic nitrogens is 1. The molecule has 0 bridgehead atoms. The van der Waals surface area contributed by atoms with Crippen molar-refractivity contribution < 1.29 is 14.4 Å². The molecule has 4 rings (SSSR count). The number of nitrogens with one attached hydrogen (secondary N) is 1. The number of amides is 3. The van der Waals surface area contributed by atoms with Gasteiger partial charge in [-0.15, -0.1) is 0 Å². The second kappa shape index (κ2) is 5.63. The molecule has 0 radical (unpaired) electrons. The molecule has 122 valence electrons. The van der Waals surface area contributed by atoms with E-state index in [1.54, 1.807) is 4.90 Å². The molecule has 2 aliphatic heterocycles. The maximum atomic E-state index is 12.5. The lowest BCUT2D eigenvalue weighted by atomic mass is 9.99. The normalized spacial score (nSPS) is 20.8. The van der Waals surface area contributed by atoms with Crippen LogP contribution in [0.25, 0.3) is 5.69 Å². The predicted molar refractivity (Wildman–Crippen MR) is 87.7 cm³/mol. The lowest BCUT2D eigenvalue weighted by Crippen LogP contribution is -2.55. The summed E-state index contributed by atoms with van der Waals surface area (Å²) >= 11 is 0. The Morgan fingerprint density at radius 2 is 1.75 bits per heavy atom. The number of imide groups is 1. The van der Waals surface area contributed by atoms with E-state index in [2.05, 4.69) is 9.88 Å². The fraction of sp³-hybridized carbons (Fsp3) is 0.278. The number of nitrogens with zero attached hydrogens (tertiary/aromatic N) is 2. The molecular weight excluding hydrogens is 306 g/mol. The molecule has 6 nitrogen and oxygen atoms in total. The van der Waals surface area contributed by atoms with Gasteiger partial charge < -0.3 is 4.57 Å². The number of carbonyl (C=O) groups is 3. The fourth-order valence-corrected chi connectivity index (χ4v) is 3.50. The Bertz CT molecular complexity index is 825. The van der Waals surface area contributed by atoms with Crippen LogP contribution in [0.3, 0.4) is 0 Å². The maximum absolute atomic E-state index is 12.5. The summed E-state index contributed by atoms with van der Waals surface area (Å²) in [6, 6.07) is 11.2. The Kier molecular flexibility index (Phi) is 3.45. The van der Waals surface area contributed by atoms with E-state index in [1.165, 1.54) is 0 Å². The third-order valence-corrected chi connectivity index (χ3v) is 4.63. The van der Waals surface area contributed by atoms with E-state index in [9.17, 15) is 14.4 Å². The van der Waals surface area contributed by atoms with Crippen molar-refractivity contribution in [2.24, 2.45) is 0 Å². The van der Waals surface area contributed by atoms with Gasteiger partial charge in [0.25, 0.3) is 0 Å². The largest absolute Gasteiger partial charge is 0.319 e. The molecular formula is C18H17N3O3. The van der Waals surface area contributed by atoms with Crippen molar-refractivity contribution in [2.75, 3.05) is 4.90 Å². The number of piperidine rings is 1. The van der Waals surface area contributed by atoms with Crippen LogP contribution in [0, 0.1) is 0 Å². The summed E-state index contributed by atoms with van der Waals surface area (Å²) in [6.07, 6.45) is 3.56. The van der Waals surface area contributed by atoms with E-state index in [1.807, 2.05) is 42.6 Å². The molecule has 0 saturated carbocycles. The lowest BCUT2D eigenvalue weighted by molar-refractivity contribution is -0.135. The average molecular weight is 323 g/mol. The molecule has 1 fully saturated rings. The lowest BCUT2D eigenvalue weighted by Gasteiger charge is -2.35. The summed E-state index contributed by atoms with van der Waals surface area (Å²) in [5, 5.41) is 2.34. The van der Waals surface area contributed by atoms with Crippen LogP contribution in [0.4, 0.5) is 5.69 Å². The number of para-hydroxylation sites is 1. The number of benzene rings is 1. The average Bonchev–Trinajstić information content (AvgIpc) is 3.00. The molecule has 1 aromatic heterocycles. The van der Waals surface area contributed by atoms with Crippen LogP contribution >= 0.6 is 0 Å². The Labute approximate surface area is 139 Å². The van der Waals surface area contributed by atoms with Gasteiger partial charge in [0.2, 0.25) is 17.7 Å². The van der Waals surface area contributed by atoms with Crippen LogP contribution < -0.4 is 10.2 Å². The van der Waals surface area contributed by atoms with Gasteiger partial charge in [0.15, 0.2) is 0 Å². The number of carbonyl (C=O) groups excluding carboxylic acids is 3. The summed E-state index contributed by atoms with van der Waals surface area (Å²) in [5.41, 5.74) is 2.81. The minimum Gasteiger partial charge on any atom is -0.319 e. The minimum absolute atomic E-state index is 0.0668. The zero-order valence-corrected chi connectivity index (χ0v) is 13.1. The van der Waals surface area contributed by atoms with Crippen molar-refractivity contribution in [3.8, 4) is 5.69 Å². The first-order chi connectivity index (χ1) is 11.6. The highest BCUT2D eigenvalue weighted by atomic mass is 16.2. The van der Waals surface area contributed by atoms with Crippen LogP contribution in [0.1, 0.15) is 25.0 Å². The van der Waals surface area contributed by atoms with Crippen molar-refractivity contribution in [1.29, 1.82) is 0 Å². The minimum atomic E-state index is -0.610. The summed E-state index contributed by atoms with van der Waals surface area (Å²) in [4.78, 5) is 37.6. The smallest absolute Gasteiger partial charge is 0.249 e. The van der Waals surface area contributed by atoms with E-state index in [-0.39, 0.29) is 24.1 Å². The highest BCUT2D eigenvalue weighted by molar-refractivity contribution is 6.08. The van der Waals surface area contributed by atoms with E-state index in [0.29, 0.717) is 19.3 Å². The Morgan fingerprint density at radius 3 is 2.50 bits per heavy atom. The third kappa shape index (κ3) is 2.31. The second-order valence-corrected chi connectivity index (χ2v) is 6.08. The van der Waals surface area contributed by atoms with Gasteiger partial charge >= 0.3 is 0 Å². The maximum Gasteiger partial charge on any atom is 0.249 e. The molecule has 1 N–H and O–H groups in total. The number of hydrogen-bond acceptors (Lipinski definition) is 3. The summed E-state index contributed by atoms with van der Waals surface area (Å²) in [7, 11) is 0. The first kappa shape index (κ1) is 14.7. The Hall–Kier alpha value is -2.89. The quantitative estimate of drug-likeness (QED) is 0.853. The molecule has 3 heterocycles. The number of hydrogen-bond donors (Lipinski definition) is 1. The van der Waals surface area contributed by atoms with Crippen molar-refractivity contribution in [2.45, 2.75) is 31.7 Å². The van der Waals surface area contributed by atoms with Gasteiger partial charge in [-0.2, -0.15) is 0 Å². The van der Waals surface area contributed by atoms with Crippen molar-refractivity contribution >= 4 is 23.4 Å². The fourth-order valence-electron chi connectivity index (χ4n) is 3.50. The molecule has 1 aromatic carbocycles. The van der Waals surface area contributed by atoms with E-state index >= 15 is 0 Å². The molecule has 0 aliphatic carbocycles. The number of rotatable bonds is 2. The summed E-state index contributed by atoms with van der Waals surface area (Å²) in [5.74, 6) is -0.731. The van der Waals surface area contributed by atoms with Crippen molar-refractivity contribution in [1.82, 2.24) is 9.88 Å². The Morgan fingerprint density at radius 1 is 0.958 bits per heavy atom. The number of anilines is 1. The van der Waals surface area contributed by atoms with Crippen LogP contribution in [0.15, 0.2) is 42.6 Å². The molecule has 2 aromatic rings. The number of fused-ring (bicyclic) bond motifs is 1. The molecule has 0 spiro atoms. The van der Waals surface area contributed by atoms with Crippen LogP contribution in [0.2, 0.25) is 0 Å². The van der Waals surface area contributed by atoms with Crippen molar-refractivity contribution in [3.63, 3.8) is 0 Å². The van der Waals surface area contributed by atoms with E-state index in [0.717, 1.165) is 17.1 Å². The van der Waals surface area contributed by atoms with Gasteiger partial charge in [0.05, 0.1) is 5.69 Å². The molecule has 1 unspecified atom stereocenters. The standard InChI is InChI=1S/C18H17N3O3/c22-16-8-6-15(18(24)19-16)21-14-10-11-20(12-4-2-1-3-5-12)13(14)7-9-17(21)23/h1-5,10-11,15H,6-9H2,(H,19,22,24). The SMILES string of the molecule is O=C1CCC(N2C(=O)CCc3c2ccn3-c2ccccc2)C(=O)N1. The van der Waals surface area contributed by atoms with Crippen LogP contribution in [-0.2, 0) is 20.8 Å². The highest BCUT2D eigenvalue weighted by Gasteiger charge is 2.38. The van der Waals surface area contributed by atoms with Gasteiger partial charge in [-0.3, -0.25) is 24.6 Å². The van der Waals surface area contributed by atoms with E-state index in [4.69, 9.17) is 0 Å². The molecule has 1 saturated heterocycles. The third-order valence-electron chi connectivity index (χ3n) is 4.63. The first-order valence-electron chi connectivity index (χ1n) is 8.06. The molecule has 24 heavy (non-hydrogen) atoms. The highest BCUT2D eigenvalue weighted by Crippen LogP contribution is 2.34. The van der Waals surface area contributed by atoms with E-state index < -0.39 is 6.04 Å². The topological polar surface area (TPSA) is 71.4 Å². The zero-order valence-electron chi connectivity index (χ0n) is 13.1. The summed E-state index contributed by atoms with van der Waals surface area (Å²) < 4.78 is 2.06. The summed E-state index contributed by atoms with van der Waals surface area (Å²) in [6.45, 7) is 0. The van der Waals surface area contributed by atoms with Crippen molar-refractivity contribution in [3.05, 3.63) is 48.3 Å². The van der Waals surface area contributed by atoms with Gasteiger partial charge in [-0.1, -0.05) is 18.2 Å². The van der Waals surface area contributed by atoms with Crippen LogP contribution in [-0.4, -0.2) is 28.3 Å². The molecule has 1 atom stereocenters. The Balaban J connectivity index is 1.74. The second-order valence-electron chi connectivity index (χ2n) is 6.08. The first-order valence-corrected chi connectivity index (χ1v) is 8.06.